The number of hydrogen-bond donors (Lipinski definition) is 2. The Morgan fingerprint density at radius 1 is 1.38 bits per heavy atom. The van der Waals surface area contributed by atoms with Crippen molar-refractivity contribution in [3.8, 4) is 11.5 Å². The Hall–Kier alpha value is -1.71. The maximum Gasteiger partial charge on any atom is 0.308 e. The van der Waals surface area contributed by atoms with Gasteiger partial charge in [-0.2, -0.15) is 0 Å². The summed E-state index contributed by atoms with van der Waals surface area (Å²) in [5.41, 5.74) is 0.645. The molecule has 1 unspecified atom stereocenters. The molecule has 0 heterocycles. The van der Waals surface area contributed by atoms with Gasteiger partial charge < -0.3 is 14.9 Å². The van der Waals surface area contributed by atoms with Crippen molar-refractivity contribution in [2.75, 3.05) is 0 Å². The normalized spacial score (nSPS) is 12.1. The van der Waals surface area contributed by atoms with E-state index in [1.165, 1.54) is 12.1 Å². The van der Waals surface area contributed by atoms with Crippen molar-refractivity contribution >= 4 is 5.97 Å². The fourth-order valence-corrected chi connectivity index (χ4v) is 1.12. The van der Waals surface area contributed by atoms with E-state index in [4.69, 9.17) is 9.84 Å². The lowest BCUT2D eigenvalue weighted by Crippen LogP contribution is -2.13. The van der Waals surface area contributed by atoms with Gasteiger partial charge in [0.05, 0.1) is 5.92 Å². The second-order valence-electron chi connectivity index (χ2n) is 3.74. The third-order valence-corrected chi connectivity index (χ3v) is 2.44. The lowest BCUT2D eigenvalue weighted by atomic mass is 10.1. The lowest BCUT2D eigenvalue weighted by molar-refractivity contribution is -0.149. The molecule has 88 valence electrons. The molecule has 0 aliphatic rings. The monoisotopic (exact) mass is 224 g/mol. The Bertz CT molecular complexity index is 373. The SMILES string of the molecule is CCC(C)C(=O)OCc1ccc(O)c(O)c1. The molecule has 1 atom stereocenters. The van der Waals surface area contributed by atoms with Crippen molar-refractivity contribution in [3.63, 3.8) is 0 Å². The molecule has 1 aromatic carbocycles. The number of ether oxygens (including phenoxy) is 1. The minimum absolute atomic E-state index is 0.108. The number of phenols is 2. The largest absolute Gasteiger partial charge is 0.504 e. The van der Waals surface area contributed by atoms with Crippen molar-refractivity contribution in [1.82, 2.24) is 0 Å². The highest BCUT2D eigenvalue weighted by molar-refractivity contribution is 5.71. The number of hydrogen-bond acceptors (Lipinski definition) is 4. The van der Waals surface area contributed by atoms with Gasteiger partial charge in [0.1, 0.15) is 6.61 Å². The zero-order chi connectivity index (χ0) is 12.1. The number of esters is 1. The Kier molecular flexibility index (Phi) is 4.17. The lowest BCUT2D eigenvalue weighted by Gasteiger charge is -2.09. The van der Waals surface area contributed by atoms with Crippen LogP contribution in [0, 0.1) is 5.92 Å². The summed E-state index contributed by atoms with van der Waals surface area (Å²) in [5, 5.41) is 18.3. The molecule has 1 aromatic rings. The third-order valence-electron chi connectivity index (χ3n) is 2.44. The molecule has 0 amide bonds. The molecular formula is C12H16O4. The number of rotatable bonds is 4. The van der Waals surface area contributed by atoms with E-state index in [0.717, 1.165) is 6.42 Å². The van der Waals surface area contributed by atoms with Gasteiger partial charge in [-0.15, -0.1) is 0 Å². The predicted octanol–water partition coefficient (Wildman–Crippen LogP) is 2.19. The predicted molar refractivity (Wildman–Crippen MR) is 59.0 cm³/mol. The van der Waals surface area contributed by atoms with Crippen LogP contribution < -0.4 is 0 Å². The van der Waals surface area contributed by atoms with Crippen LogP contribution in [0.3, 0.4) is 0 Å². The molecular weight excluding hydrogens is 208 g/mol. The summed E-state index contributed by atoms with van der Waals surface area (Å²) in [7, 11) is 0. The summed E-state index contributed by atoms with van der Waals surface area (Å²) in [5.74, 6) is -0.769. The van der Waals surface area contributed by atoms with Crippen LogP contribution in [-0.4, -0.2) is 16.2 Å². The smallest absolute Gasteiger partial charge is 0.308 e. The summed E-state index contributed by atoms with van der Waals surface area (Å²) in [6.45, 7) is 3.83. The van der Waals surface area contributed by atoms with E-state index in [9.17, 15) is 9.90 Å². The summed E-state index contributed by atoms with van der Waals surface area (Å²) in [4.78, 5) is 11.4. The van der Waals surface area contributed by atoms with Crippen molar-refractivity contribution < 1.29 is 19.7 Å². The van der Waals surface area contributed by atoms with Crippen LogP contribution in [0.15, 0.2) is 18.2 Å². The van der Waals surface area contributed by atoms with E-state index < -0.39 is 0 Å². The van der Waals surface area contributed by atoms with E-state index in [0.29, 0.717) is 5.56 Å². The van der Waals surface area contributed by atoms with E-state index >= 15 is 0 Å². The van der Waals surface area contributed by atoms with Gasteiger partial charge in [-0.1, -0.05) is 19.9 Å². The zero-order valence-corrected chi connectivity index (χ0v) is 9.43. The summed E-state index contributed by atoms with van der Waals surface area (Å²) in [6, 6.07) is 4.33. The van der Waals surface area contributed by atoms with Crippen LogP contribution in [0.25, 0.3) is 0 Å². The Morgan fingerprint density at radius 3 is 2.62 bits per heavy atom. The average Bonchev–Trinajstić information content (AvgIpc) is 2.29. The molecule has 0 radical (unpaired) electrons. The Morgan fingerprint density at radius 2 is 2.06 bits per heavy atom. The van der Waals surface area contributed by atoms with Crippen LogP contribution in [-0.2, 0) is 16.1 Å². The van der Waals surface area contributed by atoms with Gasteiger partial charge in [-0.25, -0.2) is 0 Å². The second kappa shape index (κ2) is 5.39. The molecule has 0 spiro atoms. The number of carbonyl (C=O) groups is 1. The minimum Gasteiger partial charge on any atom is -0.504 e. The van der Waals surface area contributed by atoms with Crippen LogP contribution >= 0.6 is 0 Å². The number of phenolic OH excluding ortho intramolecular Hbond substituents is 2. The maximum absolute atomic E-state index is 11.4. The molecule has 0 saturated heterocycles. The highest BCUT2D eigenvalue weighted by atomic mass is 16.5. The standard InChI is InChI=1S/C12H16O4/c1-3-8(2)12(15)16-7-9-4-5-10(13)11(14)6-9/h4-6,8,13-14H,3,7H2,1-2H3. The first kappa shape index (κ1) is 12.4. The average molecular weight is 224 g/mol. The molecule has 1 rings (SSSR count). The molecule has 0 aromatic heterocycles. The highest BCUT2D eigenvalue weighted by Crippen LogP contribution is 2.25. The minimum atomic E-state index is -0.255. The molecule has 0 saturated carbocycles. The van der Waals surface area contributed by atoms with Gasteiger partial charge in [0.25, 0.3) is 0 Å². The Balaban J connectivity index is 2.55. The Labute approximate surface area is 94.5 Å². The van der Waals surface area contributed by atoms with E-state index in [-0.39, 0.29) is 30.0 Å². The van der Waals surface area contributed by atoms with E-state index in [2.05, 4.69) is 0 Å². The summed E-state index contributed by atoms with van der Waals surface area (Å²) in [6.07, 6.45) is 0.736. The topological polar surface area (TPSA) is 66.8 Å². The van der Waals surface area contributed by atoms with Crippen molar-refractivity contribution in [2.24, 2.45) is 5.92 Å². The first-order valence-corrected chi connectivity index (χ1v) is 5.22. The summed E-state index contributed by atoms with van der Waals surface area (Å²) < 4.78 is 5.04. The molecule has 4 nitrogen and oxygen atoms in total. The molecule has 2 N–H and O–H groups in total. The van der Waals surface area contributed by atoms with Gasteiger partial charge >= 0.3 is 5.97 Å². The van der Waals surface area contributed by atoms with Crippen molar-refractivity contribution in [1.29, 1.82) is 0 Å². The molecule has 16 heavy (non-hydrogen) atoms. The highest BCUT2D eigenvalue weighted by Gasteiger charge is 2.12. The van der Waals surface area contributed by atoms with Crippen molar-refractivity contribution in [2.45, 2.75) is 26.9 Å². The quantitative estimate of drug-likeness (QED) is 0.607. The fraction of sp³-hybridized carbons (Fsp3) is 0.417. The molecule has 0 fully saturated rings. The van der Waals surface area contributed by atoms with Gasteiger partial charge in [0, 0.05) is 0 Å². The van der Waals surface area contributed by atoms with Crippen LogP contribution in [0.5, 0.6) is 11.5 Å². The van der Waals surface area contributed by atoms with E-state index in [1.54, 1.807) is 13.0 Å². The van der Waals surface area contributed by atoms with Gasteiger partial charge in [-0.3, -0.25) is 4.79 Å². The molecule has 0 aliphatic heterocycles. The van der Waals surface area contributed by atoms with Gasteiger partial charge in [-0.05, 0) is 24.1 Å². The zero-order valence-electron chi connectivity index (χ0n) is 9.43. The molecule has 0 bridgehead atoms. The second-order valence-corrected chi connectivity index (χ2v) is 3.74. The van der Waals surface area contributed by atoms with Gasteiger partial charge in [0.15, 0.2) is 11.5 Å². The van der Waals surface area contributed by atoms with Gasteiger partial charge in [0.2, 0.25) is 0 Å². The first-order chi connectivity index (χ1) is 7.54. The number of benzene rings is 1. The number of carbonyl (C=O) groups excluding carboxylic acids is 1. The maximum atomic E-state index is 11.4. The number of aromatic hydroxyl groups is 2. The van der Waals surface area contributed by atoms with Crippen LogP contribution in [0.4, 0.5) is 0 Å². The summed E-state index contributed by atoms with van der Waals surface area (Å²) >= 11 is 0. The van der Waals surface area contributed by atoms with Crippen molar-refractivity contribution in [3.05, 3.63) is 23.8 Å². The molecule has 0 aliphatic carbocycles. The van der Waals surface area contributed by atoms with E-state index in [1.807, 2.05) is 6.92 Å². The fourth-order valence-electron chi connectivity index (χ4n) is 1.12. The third kappa shape index (κ3) is 3.15. The molecule has 4 heteroatoms. The first-order valence-electron chi connectivity index (χ1n) is 5.22. The van der Waals surface area contributed by atoms with Crippen LogP contribution in [0.2, 0.25) is 0 Å². The van der Waals surface area contributed by atoms with Crippen LogP contribution in [0.1, 0.15) is 25.8 Å².